The highest BCUT2D eigenvalue weighted by Gasteiger charge is 2.24. The number of hydrogen-bond acceptors (Lipinski definition) is 6. The highest BCUT2D eigenvalue weighted by atomic mass is 16.6. The monoisotopic (exact) mass is 281 g/mol. The van der Waals surface area contributed by atoms with Crippen molar-refractivity contribution in [3.05, 3.63) is 23.8 Å². The molecule has 1 unspecified atom stereocenters. The number of rotatable bonds is 6. The molecule has 0 heterocycles. The number of benzene rings is 1. The molecule has 6 nitrogen and oxygen atoms in total. The smallest absolute Gasteiger partial charge is 0.347 e. The fraction of sp³-hybridized carbons (Fsp3) is 0.429. The molecule has 0 aromatic heterocycles. The molecule has 110 valence electrons. The van der Waals surface area contributed by atoms with Gasteiger partial charge in [-0.15, -0.1) is 0 Å². The maximum absolute atomic E-state index is 11.7. The van der Waals surface area contributed by atoms with Gasteiger partial charge in [-0.05, 0) is 25.5 Å². The lowest BCUT2D eigenvalue weighted by Gasteiger charge is -2.18. The molecule has 20 heavy (non-hydrogen) atoms. The van der Waals surface area contributed by atoms with E-state index in [1.807, 2.05) is 0 Å². The van der Waals surface area contributed by atoms with E-state index in [2.05, 4.69) is 4.74 Å². The van der Waals surface area contributed by atoms with Gasteiger partial charge in [-0.25, -0.2) is 9.59 Å². The summed E-state index contributed by atoms with van der Waals surface area (Å²) in [5.41, 5.74) is 6.09. The second kappa shape index (κ2) is 7.37. The number of anilines is 1. The molecule has 0 radical (unpaired) electrons. The Hall–Kier alpha value is -2.24. The number of nitrogen functional groups attached to an aromatic ring is 1. The Morgan fingerprint density at radius 3 is 2.55 bits per heavy atom. The molecule has 0 fully saturated rings. The van der Waals surface area contributed by atoms with Crippen LogP contribution in [0, 0.1) is 0 Å². The van der Waals surface area contributed by atoms with Crippen LogP contribution in [0.3, 0.4) is 0 Å². The van der Waals surface area contributed by atoms with Crippen molar-refractivity contribution in [1.82, 2.24) is 0 Å². The molecule has 1 atom stereocenters. The van der Waals surface area contributed by atoms with E-state index in [4.69, 9.17) is 15.2 Å². The lowest BCUT2D eigenvalue weighted by molar-refractivity contribution is -0.151. The first kappa shape index (κ1) is 15.8. The topological polar surface area (TPSA) is 87.9 Å². The average molecular weight is 281 g/mol. The molecule has 0 aliphatic carbocycles. The zero-order valence-corrected chi connectivity index (χ0v) is 11.8. The van der Waals surface area contributed by atoms with Crippen molar-refractivity contribution in [2.75, 3.05) is 19.5 Å². The summed E-state index contributed by atoms with van der Waals surface area (Å²) < 4.78 is 15.1. The van der Waals surface area contributed by atoms with Gasteiger partial charge in [0.15, 0.2) is 6.10 Å². The molecule has 1 rings (SSSR count). The number of hydrogen-bond donors (Lipinski definition) is 1. The van der Waals surface area contributed by atoms with E-state index < -0.39 is 18.0 Å². The van der Waals surface area contributed by atoms with Gasteiger partial charge in [0, 0.05) is 5.69 Å². The van der Waals surface area contributed by atoms with Crippen molar-refractivity contribution < 1.29 is 23.8 Å². The molecule has 0 saturated heterocycles. The van der Waals surface area contributed by atoms with Crippen molar-refractivity contribution in [2.45, 2.75) is 26.4 Å². The minimum Gasteiger partial charge on any atom is -0.478 e. The lowest BCUT2D eigenvalue weighted by atomic mass is 10.1. The van der Waals surface area contributed by atoms with Crippen molar-refractivity contribution in [3.63, 3.8) is 0 Å². The zero-order valence-electron chi connectivity index (χ0n) is 11.8. The van der Waals surface area contributed by atoms with Gasteiger partial charge >= 0.3 is 11.9 Å². The van der Waals surface area contributed by atoms with Crippen molar-refractivity contribution in [2.24, 2.45) is 0 Å². The Balaban J connectivity index is 3.04. The fourth-order valence-corrected chi connectivity index (χ4v) is 1.65. The molecular formula is C14H19NO5. The van der Waals surface area contributed by atoms with Gasteiger partial charge in [0.05, 0.1) is 13.7 Å². The predicted molar refractivity (Wildman–Crippen MR) is 73.5 cm³/mol. The summed E-state index contributed by atoms with van der Waals surface area (Å²) in [6.45, 7) is 3.76. The molecule has 0 amide bonds. The Kier molecular flexibility index (Phi) is 5.83. The quantitative estimate of drug-likeness (QED) is 0.631. The minimum absolute atomic E-state index is 0.109. The van der Waals surface area contributed by atoms with Gasteiger partial charge in [0.1, 0.15) is 11.3 Å². The highest BCUT2D eigenvalue weighted by molar-refractivity contribution is 5.98. The Labute approximate surface area is 117 Å². The lowest BCUT2D eigenvalue weighted by Crippen LogP contribution is -2.29. The standard InChI is InChI=1S/C14H19NO5/c1-4-10(13(16)19-5-2)20-11-8-6-7-9(15)12(11)14(17)18-3/h6-8,10H,4-5,15H2,1-3H3. The third kappa shape index (κ3) is 3.63. The number of carbonyl (C=O) groups excluding carboxylic acids is 2. The molecule has 1 aromatic carbocycles. The number of nitrogens with two attached hydrogens (primary N) is 1. The predicted octanol–water partition coefficient (Wildman–Crippen LogP) is 1.78. The first-order valence-corrected chi connectivity index (χ1v) is 6.35. The van der Waals surface area contributed by atoms with Gasteiger partial charge in [0.25, 0.3) is 0 Å². The summed E-state index contributed by atoms with van der Waals surface area (Å²) in [6.07, 6.45) is -0.381. The van der Waals surface area contributed by atoms with Gasteiger partial charge in [-0.3, -0.25) is 0 Å². The fourth-order valence-electron chi connectivity index (χ4n) is 1.65. The van der Waals surface area contributed by atoms with Crippen LogP contribution in [-0.4, -0.2) is 31.8 Å². The molecule has 0 aliphatic heterocycles. The molecule has 2 N–H and O–H groups in total. The number of carbonyl (C=O) groups is 2. The van der Waals surface area contributed by atoms with E-state index in [9.17, 15) is 9.59 Å². The van der Waals surface area contributed by atoms with Crippen molar-refractivity contribution >= 4 is 17.6 Å². The first-order chi connectivity index (χ1) is 9.54. The van der Waals surface area contributed by atoms with Crippen molar-refractivity contribution in [3.8, 4) is 5.75 Å². The summed E-state index contributed by atoms with van der Waals surface area (Å²) in [5.74, 6) is -0.887. The van der Waals surface area contributed by atoms with Crippen LogP contribution in [0.5, 0.6) is 5.75 Å². The van der Waals surface area contributed by atoms with Gasteiger partial charge in [-0.2, -0.15) is 0 Å². The van der Waals surface area contributed by atoms with E-state index in [-0.39, 0.29) is 23.6 Å². The second-order valence-corrected chi connectivity index (χ2v) is 3.98. The van der Waals surface area contributed by atoms with Crippen LogP contribution in [0.25, 0.3) is 0 Å². The van der Waals surface area contributed by atoms with Crippen LogP contribution in [0.4, 0.5) is 5.69 Å². The number of methoxy groups -OCH3 is 1. The third-order valence-corrected chi connectivity index (χ3v) is 2.64. The molecule has 0 spiro atoms. The van der Waals surface area contributed by atoms with Gasteiger partial charge < -0.3 is 19.9 Å². The largest absolute Gasteiger partial charge is 0.478 e. The Morgan fingerprint density at radius 1 is 1.30 bits per heavy atom. The third-order valence-electron chi connectivity index (χ3n) is 2.64. The van der Waals surface area contributed by atoms with Crippen LogP contribution < -0.4 is 10.5 Å². The highest BCUT2D eigenvalue weighted by Crippen LogP contribution is 2.26. The normalized spacial score (nSPS) is 11.6. The zero-order chi connectivity index (χ0) is 15.1. The van der Waals surface area contributed by atoms with Crippen LogP contribution in [0.2, 0.25) is 0 Å². The van der Waals surface area contributed by atoms with Crippen LogP contribution in [0.15, 0.2) is 18.2 Å². The SMILES string of the molecule is CCOC(=O)C(CC)Oc1cccc(N)c1C(=O)OC. The summed E-state index contributed by atoms with van der Waals surface area (Å²) in [4.78, 5) is 23.4. The molecule has 0 aliphatic rings. The molecular weight excluding hydrogens is 262 g/mol. The summed E-state index contributed by atoms with van der Waals surface area (Å²) in [5, 5.41) is 0. The number of ether oxygens (including phenoxy) is 3. The Morgan fingerprint density at radius 2 is 2.00 bits per heavy atom. The van der Waals surface area contributed by atoms with Crippen LogP contribution >= 0.6 is 0 Å². The Bertz CT molecular complexity index is 486. The van der Waals surface area contributed by atoms with Crippen LogP contribution in [-0.2, 0) is 14.3 Å². The molecule has 6 heteroatoms. The maximum atomic E-state index is 11.7. The maximum Gasteiger partial charge on any atom is 0.347 e. The minimum atomic E-state index is -0.792. The van der Waals surface area contributed by atoms with Crippen LogP contribution in [0.1, 0.15) is 30.6 Å². The molecule has 0 saturated carbocycles. The molecule has 1 aromatic rings. The summed E-state index contributed by atoms with van der Waals surface area (Å²) >= 11 is 0. The first-order valence-electron chi connectivity index (χ1n) is 6.35. The number of esters is 2. The van der Waals surface area contributed by atoms with Crippen molar-refractivity contribution in [1.29, 1.82) is 0 Å². The van der Waals surface area contributed by atoms with E-state index in [0.29, 0.717) is 6.42 Å². The van der Waals surface area contributed by atoms with E-state index in [1.165, 1.54) is 7.11 Å². The van der Waals surface area contributed by atoms with E-state index in [0.717, 1.165) is 0 Å². The molecule has 0 bridgehead atoms. The van der Waals surface area contributed by atoms with E-state index >= 15 is 0 Å². The summed E-state index contributed by atoms with van der Waals surface area (Å²) in [6, 6.07) is 4.75. The van der Waals surface area contributed by atoms with E-state index in [1.54, 1.807) is 32.0 Å². The second-order valence-electron chi connectivity index (χ2n) is 3.98. The van der Waals surface area contributed by atoms with Gasteiger partial charge in [0.2, 0.25) is 0 Å². The van der Waals surface area contributed by atoms with Gasteiger partial charge in [-0.1, -0.05) is 13.0 Å². The summed E-state index contributed by atoms with van der Waals surface area (Å²) in [7, 11) is 1.25. The average Bonchev–Trinajstić information content (AvgIpc) is 2.44.